The average molecular weight is 238 g/mol. The number of hydrogen-bond donors (Lipinski definition) is 1. The second-order valence-electron chi connectivity index (χ2n) is 3.14. The zero-order valence-electron chi connectivity index (χ0n) is 7.25. The summed E-state index contributed by atoms with van der Waals surface area (Å²) in [5, 5.41) is 6.48. The maximum Gasteiger partial charge on any atom is 0.0561 e. The van der Waals surface area contributed by atoms with E-state index in [1.54, 1.807) is 11.3 Å². The van der Waals surface area contributed by atoms with E-state index in [9.17, 15) is 0 Å². The summed E-state index contributed by atoms with van der Waals surface area (Å²) in [5.41, 5.74) is 0. The minimum Gasteiger partial charge on any atom is -0.309 e. The fraction of sp³-hybridized carbons (Fsp3) is 0.556. The number of hydrogen-bond acceptors (Lipinski definition) is 2. The molecular formula is C9H13Cl2NS. The average Bonchev–Trinajstić information content (AvgIpc) is 2.53. The number of nitrogens with one attached hydrogen (secondary N) is 1. The molecule has 1 nitrogen and oxygen atoms in total. The van der Waals surface area contributed by atoms with Crippen LogP contribution in [0, 0.1) is 0 Å². The van der Waals surface area contributed by atoms with Gasteiger partial charge in [-0.25, -0.2) is 0 Å². The topological polar surface area (TPSA) is 12.0 Å². The summed E-state index contributed by atoms with van der Waals surface area (Å²) in [4.78, 5) is 1.32. The maximum atomic E-state index is 6.04. The number of thiophene rings is 1. The molecule has 74 valence electrons. The van der Waals surface area contributed by atoms with Crippen LogP contribution in [-0.2, 0) is 0 Å². The fourth-order valence-corrected chi connectivity index (χ4v) is 2.93. The second-order valence-corrected chi connectivity index (χ2v) is 4.49. The first kappa shape index (κ1) is 11.3. The molecule has 1 aromatic rings. The first-order chi connectivity index (χ1) is 5.88. The molecule has 0 aliphatic carbocycles. The van der Waals surface area contributed by atoms with Crippen LogP contribution in [0.15, 0.2) is 11.4 Å². The molecule has 4 heteroatoms. The summed E-state index contributed by atoms with van der Waals surface area (Å²) in [7, 11) is 0. The molecule has 2 heterocycles. The van der Waals surface area contributed by atoms with Crippen molar-refractivity contribution in [1.82, 2.24) is 5.32 Å². The second kappa shape index (κ2) is 5.20. The van der Waals surface area contributed by atoms with E-state index in [0.29, 0.717) is 6.04 Å². The van der Waals surface area contributed by atoms with Gasteiger partial charge in [-0.05, 0) is 30.8 Å². The van der Waals surface area contributed by atoms with Gasteiger partial charge in [-0.2, -0.15) is 0 Å². The standard InChI is InChI=1S/C9H12ClNS.ClH/c10-7-4-6-12-9(7)8-3-1-2-5-11-8;/h4,6,8,11H,1-3,5H2;1H/t8-;/m0./s1. The zero-order valence-corrected chi connectivity index (χ0v) is 9.64. The smallest absolute Gasteiger partial charge is 0.0561 e. The van der Waals surface area contributed by atoms with Crippen molar-refractivity contribution in [3.05, 3.63) is 21.3 Å². The molecule has 1 aliphatic rings. The first-order valence-electron chi connectivity index (χ1n) is 4.34. The molecule has 1 atom stereocenters. The zero-order chi connectivity index (χ0) is 8.39. The van der Waals surface area contributed by atoms with Crippen LogP contribution in [0.4, 0.5) is 0 Å². The number of piperidine rings is 1. The Labute approximate surface area is 93.9 Å². The first-order valence-corrected chi connectivity index (χ1v) is 5.60. The SMILES string of the molecule is Cl.Clc1ccsc1[C@@H]1CCCCN1. The minimum atomic E-state index is 0. The Morgan fingerprint density at radius 2 is 2.31 bits per heavy atom. The predicted octanol–water partition coefficient (Wildman–Crippen LogP) is 3.64. The van der Waals surface area contributed by atoms with Crippen molar-refractivity contribution in [3.63, 3.8) is 0 Å². The molecule has 0 saturated carbocycles. The van der Waals surface area contributed by atoms with Gasteiger partial charge < -0.3 is 5.32 Å². The summed E-state index contributed by atoms with van der Waals surface area (Å²) in [6.45, 7) is 1.14. The Kier molecular flexibility index (Phi) is 4.53. The molecule has 1 aliphatic heterocycles. The van der Waals surface area contributed by atoms with E-state index >= 15 is 0 Å². The van der Waals surface area contributed by atoms with Gasteiger partial charge in [0.1, 0.15) is 0 Å². The lowest BCUT2D eigenvalue weighted by molar-refractivity contribution is 0.417. The van der Waals surface area contributed by atoms with Crippen LogP contribution in [0.5, 0.6) is 0 Å². The predicted molar refractivity (Wildman–Crippen MR) is 61.2 cm³/mol. The van der Waals surface area contributed by atoms with Crippen molar-refractivity contribution in [2.45, 2.75) is 25.3 Å². The van der Waals surface area contributed by atoms with Crippen molar-refractivity contribution >= 4 is 35.3 Å². The molecule has 13 heavy (non-hydrogen) atoms. The van der Waals surface area contributed by atoms with Crippen LogP contribution in [0.3, 0.4) is 0 Å². The summed E-state index contributed by atoms with van der Waals surface area (Å²) in [6.07, 6.45) is 3.87. The monoisotopic (exact) mass is 237 g/mol. The van der Waals surface area contributed by atoms with E-state index in [-0.39, 0.29) is 12.4 Å². The molecule has 0 amide bonds. The lowest BCUT2D eigenvalue weighted by Gasteiger charge is -2.22. The molecule has 0 bridgehead atoms. The van der Waals surface area contributed by atoms with Crippen LogP contribution in [0.25, 0.3) is 0 Å². The molecule has 1 N–H and O–H groups in total. The quantitative estimate of drug-likeness (QED) is 0.787. The lowest BCUT2D eigenvalue weighted by Crippen LogP contribution is -2.26. The Morgan fingerprint density at radius 3 is 2.85 bits per heavy atom. The molecular weight excluding hydrogens is 225 g/mol. The van der Waals surface area contributed by atoms with E-state index in [0.717, 1.165) is 11.6 Å². The Bertz CT molecular complexity index is 256. The fourth-order valence-electron chi connectivity index (χ4n) is 1.63. The molecule has 0 unspecified atom stereocenters. The summed E-state index contributed by atoms with van der Waals surface area (Å²) < 4.78 is 0. The van der Waals surface area contributed by atoms with E-state index < -0.39 is 0 Å². The van der Waals surface area contributed by atoms with Crippen LogP contribution in [-0.4, -0.2) is 6.54 Å². The summed E-state index contributed by atoms with van der Waals surface area (Å²) >= 11 is 7.81. The van der Waals surface area contributed by atoms with Gasteiger partial charge in [-0.15, -0.1) is 23.7 Å². The van der Waals surface area contributed by atoms with E-state index in [1.807, 2.05) is 6.07 Å². The van der Waals surface area contributed by atoms with Gasteiger partial charge in [-0.3, -0.25) is 0 Å². The highest BCUT2D eigenvalue weighted by atomic mass is 35.5. The van der Waals surface area contributed by atoms with Crippen LogP contribution >= 0.6 is 35.3 Å². The van der Waals surface area contributed by atoms with E-state index in [1.165, 1.54) is 24.1 Å². The van der Waals surface area contributed by atoms with Gasteiger partial charge in [0.05, 0.1) is 5.02 Å². The highest BCUT2D eigenvalue weighted by molar-refractivity contribution is 7.10. The highest BCUT2D eigenvalue weighted by Crippen LogP contribution is 2.32. The summed E-state index contributed by atoms with van der Waals surface area (Å²) in [5.74, 6) is 0. The van der Waals surface area contributed by atoms with Gasteiger partial charge in [0.2, 0.25) is 0 Å². The van der Waals surface area contributed by atoms with Gasteiger partial charge in [0.15, 0.2) is 0 Å². The minimum absolute atomic E-state index is 0. The number of halogens is 2. The van der Waals surface area contributed by atoms with E-state index in [4.69, 9.17) is 11.6 Å². The molecule has 1 fully saturated rings. The third-order valence-electron chi connectivity index (χ3n) is 2.27. The van der Waals surface area contributed by atoms with Crippen molar-refractivity contribution in [1.29, 1.82) is 0 Å². The van der Waals surface area contributed by atoms with Crippen molar-refractivity contribution in [2.24, 2.45) is 0 Å². The third kappa shape index (κ3) is 2.59. The van der Waals surface area contributed by atoms with Crippen molar-refractivity contribution in [2.75, 3.05) is 6.54 Å². The third-order valence-corrected chi connectivity index (χ3v) is 3.74. The van der Waals surface area contributed by atoms with Crippen molar-refractivity contribution in [3.8, 4) is 0 Å². The molecule has 0 spiro atoms. The molecule has 1 saturated heterocycles. The van der Waals surface area contributed by atoms with Gasteiger partial charge >= 0.3 is 0 Å². The molecule has 1 aromatic heterocycles. The molecule has 0 aromatic carbocycles. The highest BCUT2D eigenvalue weighted by Gasteiger charge is 2.17. The molecule has 0 radical (unpaired) electrons. The maximum absolute atomic E-state index is 6.04. The van der Waals surface area contributed by atoms with Gasteiger partial charge in [0.25, 0.3) is 0 Å². The van der Waals surface area contributed by atoms with Crippen LogP contribution in [0.2, 0.25) is 5.02 Å². The Balaban J connectivity index is 0.000000845. The van der Waals surface area contributed by atoms with E-state index in [2.05, 4.69) is 10.7 Å². The van der Waals surface area contributed by atoms with Gasteiger partial charge in [-0.1, -0.05) is 18.0 Å². The lowest BCUT2D eigenvalue weighted by atomic mass is 10.0. The Morgan fingerprint density at radius 1 is 1.46 bits per heavy atom. The van der Waals surface area contributed by atoms with Crippen LogP contribution in [0.1, 0.15) is 30.2 Å². The van der Waals surface area contributed by atoms with Crippen LogP contribution < -0.4 is 5.32 Å². The largest absolute Gasteiger partial charge is 0.309 e. The number of rotatable bonds is 1. The molecule has 2 rings (SSSR count). The van der Waals surface area contributed by atoms with Gasteiger partial charge in [0, 0.05) is 10.9 Å². The Hall–Kier alpha value is 0.240. The summed E-state index contributed by atoms with van der Waals surface area (Å²) in [6, 6.07) is 2.50. The van der Waals surface area contributed by atoms with Crippen molar-refractivity contribution < 1.29 is 0 Å². The normalized spacial score (nSPS) is 22.4.